The standard InChI is InChI=1S/C17H22F3N/c1-11(13-3-2-4-16(9-13)17(18,19)20)21-10-15-8-12-5-6-14(15)7-12/h2-4,9,11-12,14-15,21H,5-8,10H2,1H3. The van der Waals surface area contributed by atoms with E-state index in [1.807, 2.05) is 6.92 Å². The summed E-state index contributed by atoms with van der Waals surface area (Å²) in [6.07, 6.45) is 1.12. The minimum absolute atomic E-state index is 0.0357. The van der Waals surface area contributed by atoms with Gasteiger partial charge in [0, 0.05) is 6.04 Å². The SMILES string of the molecule is CC(NCC1CC2CCC1C2)c1cccc(C(F)(F)F)c1. The van der Waals surface area contributed by atoms with Crippen molar-refractivity contribution in [1.82, 2.24) is 5.32 Å². The Morgan fingerprint density at radius 3 is 2.67 bits per heavy atom. The molecular formula is C17H22F3N. The molecule has 21 heavy (non-hydrogen) atoms. The van der Waals surface area contributed by atoms with Crippen molar-refractivity contribution in [2.75, 3.05) is 6.54 Å². The Morgan fingerprint density at radius 2 is 2.05 bits per heavy atom. The minimum Gasteiger partial charge on any atom is -0.310 e. The molecule has 0 aromatic heterocycles. The summed E-state index contributed by atoms with van der Waals surface area (Å²) in [5, 5.41) is 3.44. The lowest BCUT2D eigenvalue weighted by atomic mass is 9.88. The summed E-state index contributed by atoms with van der Waals surface area (Å²) in [5.74, 6) is 2.47. The summed E-state index contributed by atoms with van der Waals surface area (Å²) in [4.78, 5) is 0. The highest BCUT2D eigenvalue weighted by atomic mass is 19.4. The highest BCUT2D eigenvalue weighted by Gasteiger charge is 2.39. The van der Waals surface area contributed by atoms with Gasteiger partial charge in [0.05, 0.1) is 5.56 Å². The molecule has 0 radical (unpaired) electrons. The third-order valence-electron chi connectivity index (χ3n) is 5.28. The van der Waals surface area contributed by atoms with E-state index < -0.39 is 11.7 Å². The van der Waals surface area contributed by atoms with Crippen molar-refractivity contribution in [2.45, 2.75) is 44.8 Å². The zero-order chi connectivity index (χ0) is 15.0. The Bertz CT molecular complexity index is 497. The number of nitrogens with one attached hydrogen (secondary N) is 1. The number of benzene rings is 1. The van der Waals surface area contributed by atoms with Crippen molar-refractivity contribution in [3.8, 4) is 0 Å². The van der Waals surface area contributed by atoms with Crippen LogP contribution in [0.1, 0.15) is 49.8 Å². The smallest absolute Gasteiger partial charge is 0.310 e. The van der Waals surface area contributed by atoms with Crippen LogP contribution in [0.4, 0.5) is 13.2 Å². The number of fused-ring (bicyclic) bond motifs is 2. The van der Waals surface area contributed by atoms with Gasteiger partial charge in [-0.05, 0) is 68.2 Å². The first-order valence-corrected chi connectivity index (χ1v) is 7.84. The van der Waals surface area contributed by atoms with Crippen LogP contribution in [0.3, 0.4) is 0 Å². The maximum absolute atomic E-state index is 12.7. The molecule has 0 aliphatic heterocycles. The van der Waals surface area contributed by atoms with E-state index in [9.17, 15) is 13.2 Å². The van der Waals surface area contributed by atoms with Crippen LogP contribution < -0.4 is 5.32 Å². The predicted octanol–water partition coefficient (Wildman–Crippen LogP) is 4.79. The number of alkyl halides is 3. The largest absolute Gasteiger partial charge is 0.416 e. The molecule has 0 saturated heterocycles. The van der Waals surface area contributed by atoms with Crippen molar-refractivity contribution >= 4 is 0 Å². The molecule has 4 heteroatoms. The summed E-state index contributed by atoms with van der Waals surface area (Å²) in [6, 6.07) is 5.62. The van der Waals surface area contributed by atoms with Gasteiger partial charge < -0.3 is 5.32 Å². The second kappa shape index (κ2) is 5.64. The van der Waals surface area contributed by atoms with Gasteiger partial charge in [-0.15, -0.1) is 0 Å². The van der Waals surface area contributed by atoms with Crippen LogP contribution in [0.5, 0.6) is 0 Å². The molecule has 2 fully saturated rings. The summed E-state index contributed by atoms with van der Waals surface area (Å²) >= 11 is 0. The van der Waals surface area contributed by atoms with Crippen LogP contribution in [-0.4, -0.2) is 6.54 Å². The Labute approximate surface area is 123 Å². The Kier molecular flexibility index (Phi) is 4.00. The normalized spacial score (nSPS) is 29.8. The van der Waals surface area contributed by atoms with Gasteiger partial charge in [0.25, 0.3) is 0 Å². The highest BCUT2D eigenvalue weighted by molar-refractivity contribution is 5.27. The Balaban J connectivity index is 1.59. The van der Waals surface area contributed by atoms with Crippen LogP contribution in [-0.2, 0) is 6.18 Å². The van der Waals surface area contributed by atoms with E-state index in [4.69, 9.17) is 0 Å². The molecule has 4 unspecified atom stereocenters. The summed E-state index contributed by atoms with van der Waals surface area (Å²) in [6.45, 7) is 2.88. The fourth-order valence-corrected chi connectivity index (χ4v) is 4.06. The molecule has 2 saturated carbocycles. The van der Waals surface area contributed by atoms with Gasteiger partial charge >= 0.3 is 6.18 Å². The quantitative estimate of drug-likeness (QED) is 0.842. The lowest BCUT2D eigenvalue weighted by Crippen LogP contribution is -2.28. The molecule has 2 bridgehead atoms. The second-order valence-electron chi connectivity index (χ2n) is 6.69. The van der Waals surface area contributed by atoms with Gasteiger partial charge in [0.2, 0.25) is 0 Å². The highest BCUT2D eigenvalue weighted by Crippen LogP contribution is 2.48. The van der Waals surface area contributed by atoms with Gasteiger partial charge in [0.1, 0.15) is 0 Å². The number of hydrogen-bond donors (Lipinski definition) is 1. The van der Waals surface area contributed by atoms with Crippen LogP contribution in [0.25, 0.3) is 0 Å². The van der Waals surface area contributed by atoms with Crippen LogP contribution in [0, 0.1) is 17.8 Å². The molecule has 2 aliphatic rings. The van der Waals surface area contributed by atoms with Gasteiger partial charge in [0.15, 0.2) is 0 Å². The van der Waals surface area contributed by atoms with E-state index in [0.717, 1.165) is 30.4 Å². The molecular weight excluding hydrogens is 275 g/mol. The fourth-order valence-electron chi connectivity index (χ4n) is 4.06. The maximum atomic E-state index is 12.7. The third-order valence-corrected chi connectivity index (χ3v) is 5.28. The Morgan fingerprint density at radius 1 is 1.24 bits per heavy atom. The van der Waals surface area contributed by atoms with Crippen LogP contribution in [0.15, 0.2) is 24.3 Å². The predicted molar refractivity (Wildman–Crippen MR) is 76.8 cm³/mol. The van der Waals surface area contributed by atoms with E-state index in [0.29, 0.717) is 5.56 Å². The maximum Gasteiger partial charge on any atom is 0.416 e. The third kappa shape index (κ3) is 3.25. The zero-order valence-corrected chi connectivity index (χ0v) is 12.3. The van der Waals surface area contributed by atoms with Crippen molar-refractivity contribution in [3.05, 3.63) is 35.4 Å². The van der Waals surface area contributed by atoms with E-state index >= 15 is 0 Å². The molecule has 1 N–H and O–H groups in total. The molecule has 0 heterocycles. The zero-order valence-electron chi connectivity index (χ0n) is 12.3. The lowest BCUT2D eigenvalue weighted by Gasteiger charge is -2.24. The van der Waals surface area contributed by atoms with Crippen molar-refractivity contribution in [2.24, 2.45) is 17.8 Å². The molecule has 2 aliphatic carbocycles. The monoisotopic (exact) mass is 297 g/mol. The molecule has 1 nitrogen and oxygen atoms in total. The van der Waals surface area contributed by atoms with Crippen LogP contribution >= 0.6 is 0 Å². The van der Waals surface area contributed by atoms with Gasteiger partial charge in [-0.25, -0.2) is 0 Å². The first-order valence-electron chi connectivity index (χ1n) is 7.84. The van der Waals surface area contributed by atoms with Gasteiger partial charge in [-0.3, -0.25) is 0 Å². The van der Waals surface area contributed by atoms with E-state index in [1.165, 1.54) is 37.8 Å². The average molecular weight is 297 g/mol. The molecule has 4 atom stereocenters. The molecule has 0 amide bonds. The Hall–Kier alpha value is -1.03. The topological polar surface area (TPSA) is 12.0 Å². The average Bonchev–Trinajstić information content (AvgIpc) is 3.06. The van der Waals surface area contributed by atoms with Gasteiger partial charge in [-0.2, -0.15) is 13.2 Å². The van der Waals surface area contributed by atoms with Crippen LogP contribution in [0.2, 0.25) is 0 Å². The first kappa shape index (κ1) is 14.9. The van der Waals surface area contributed by atoms with Crippen molar-refractivity contribution < 1.29 is 13.2 Å². The van der Waals surface area contributed by atoms with Gasteiger partial charge in [-0.1, -0.05) is 18.6 Å². The number of hydrogen-bond acceptors (Lipinski definition) is 1. The second-order valence-corrected chi connectivity index (χ2v) is 6.69. The summed E-state index contributed by atoms with van der Waals surface area (Å²) < 4.78 is 38.2. The molecule has 0 spiro atoms. The number of halogens is 3. The lowest BCUT2D eigenvalue weighted by molar-refractivity contribution is -0.137. The van der Waals surface area contributed by atoms with Crippen molar-refractivity contribution in [1.29, 1.82) is 0 Å². The van der Waals surface area contributed by atoms with E-state index in [1.54, 1.807) is 6.07 Å². The minimum atomic E-state index is -4.26. The summed E-state index contributed by atoms with van der Waals surface area (Å²) in [7, 11) is 0. The summed E-state index contributed by atoms with van der Waals surface area (Å²) in [5.41, 5.74) is 0.154. The molecule has 1 aromatic rings. The molecule has 1 aromatic carbocycles. The van der Waals surface area contributed by atoms with Crippen molar-refractivity contribution in [3.63, 3.8) is 0 Å². The van der Waals surface area contributed by atoms with E-state index in [2.05, 4.69) is 5.32 Å². The first-order chi connectivity index (χ1) is 9.93. The number of rotatable bonds is 4. The fraction of sp³-hybridized carbons (Fsp3) is 0.647. The van der Waals surface area contributed by atoms with E-state index in [-0.39, 0.29) is 6.04 Å². The molecule has 116 valence electrons. The molecule has 3 rings (SSSR count).